The van der Waals surface area contributed by atoms with Gasteiger partial charge in [0, 0.05) is 0 Å². The van der Waals surface area contributed by atoms with E-state index < -0.39 is 0 Å². The zero-order chi connectivity index (χ0) is 12.8. The summed E-state index contributed by atoms with van der Waals surface area (Å²) in [6.45, 7) is 4.05. The van der Waals surface area contributed by atoms with E-state index in [0.717, 1.165) is 12.2 Å². The SMILES string of the molecule is CNC(C)(C)c1nc(C2Cc3ccccc32)no1. The molecule has 0 saturated heterocycles. The third-order valence-corrected chi connectivity index (χ3v) is 3.77. The fraction of sp³-hybridized carbons (Fsp3) is 0.429. The molecule has 4 nitrogen and oxygen atoms in total. The highest BCUT2D eigenvalue weighted by Gasteiger charge is 2.33. The molecule has 1 unspecified atom stereocenters. The molecular weight excluding hydrogens is 226 g/mol. The summed E-state index contributed by atoms with van der Waals surface area (Å²) in [7, 11) is 1.89. The molecule has 18 heavy (non-hydrogen) atoms. The minimum Gasteiger partial charge on any atom is -0.337 e. The van der Waals surface area contributed by atoms with E-state index >= 15 is 0 Å². The Labute approximate surface area is 106 Å². The molecule has 1 N–H and O–H groups in total. The van der Waals surface area contributed by atoms with Crippen molar-refractivity contribution in [3.8, 4) is 0 Å². The second-order valence-electron chi connectivity index (χ2n) is 5.29. The maximum atomic E-state index is 5.37. The van der Waals surface area contributed by atoms with Crippen molar-refractivity contribution < 1.29 is 4.52 Å². The number of nitrogens with one attached hydrogen (secondary N) is 1. The molecule has 0 bridgehead atoms. The zero-order valence-corrected chi connectivity index (χ0v) is 10.9. The third-order valence-electron chi connectivity index (χ3n) is 3.77. The van der Waals surface area contributed by atoms with Crippen molar-refractivity contribution in [2.45, 2.75) is 31.7 Å². The van der Waals surface area contributed by atoms with Gasteiger partial charge >= 0.3 is 0 Å². The summed E-state index contributed by atoms with van der Waals surface area (Å²) in [4.78, 5) is 4.53. The fourth-order valence-corrected chi connectivity index (χ4v) is 2.23. The monoisotopic (exact) mass is 243 g/mol. The lowest BCUT2D eigenvalue weighted by Gasteiger charge is -2.27. The highest BCUT2D eigenvalue weighted by Crippen LogP contribution is 2.38. The second-order valence-corrected chi connectivity index (χ2v) is 5.29. The van der Waals surface area contributed by atoms with Crippen LogP contribution in [0.2, 0.25) is 0 Å². The smallest absolute Gasteiger partial charge is 0.246 e. The van der Waals surface area contributed by atoms with Crippen molar-refractivity contribution >= 4 is 0 Å². The predicted molar refractivity (Wildman–Crippen MR) is 68.4 cm³/mol. The number of nitrogens with zero attached hydrogens (tertiary/aromatic N) is 2. The van der Waals surface area contributed by atoms with E-state index in [0.29, 0.717) is 11.8 Å². The molecule has 1 atom stereocenters. The predicted octanol–water partition coefficient (Wildman–Crippen LogP) is 2.21. The molecule has 3 rings (SSSR count). The zero-order valence-electron chi connectivity index (χ0n) is 10.9. The number of hydrogen-bond acceptors (Lipinski definition) is 4. The van der Waals surface area contributed by atoms with Gasteiger partial charge in [0.05, 0.1) is 11.5 Å². The molecule has 1 aliphatic rings. The van der Waals surface area contributed by atoms with Crippen LogP contribution in [0, 0.1) is 0 Å². The summed E-state index contributed by atoms with van der Waals surface area (Å²) in [6.07, 6.45) is 1.01. The third kappa shape index (κ3) is 1.64. The largest absolute Gasteiger partial charge is 0.337 e. The van der Waals surface area contributed by atoms with Crippen LogP contribution in [0.3, 0.4) is 0 Å². The maximum Gasteiger partial charge on any atom is 0.246 e. The average molecular weight is 243 g/mol. The molecule has 1 aromatic carbocycles. The standard InChI is InChI=1S/C14H17N3O/c1-14(2,15-3)13-16-12(17-18-13)11-8-9-6-4-5-7-10(9)11/h4-7,11,15H,8H2,1-3H3. The van der Waals surface area contributed by atoms with E-state index in [1.54, 1.807) is 0 Å². The molecule has 0 amide bonds. The topological polar surface area (TPSA) is 51.0 Å². The first-order chi connectivity index (χ1) is 8.62. The van der Waals surface area contributed by atoms with Gasteiger partial charge in [-0.3, -0.25) is 0 Å². The lowest BCUT2D eigenvalue weighted by molar-refractivity contribution is 0.279. The molecule has 1 aliphatic carbocycles. The number of fused-ring (bicyclic) bond motifs is 1. The summed E-state index contributed by atoms with van der Waals surface area (Å²) in [6, 6.07) is 8.43. The minimum absolute atomic E-state index is 0.283. The van der Waals surface area contributed by atoms with E-state index in [4.69, 9.17) is 4.52 Å². The van der Waals surface area contributed by atoms with Crippen LogP contribution in [0.15, 0.2) is 28.8 Å². The van der Waals surface area contributed by atoms with Crippen LogP contribution in [0.25, 0.3) is 0 Å². The molecule has 0 saturated carbocycles. The Balaban J connectivity index is 1.89. The first-order valence-corrected chi connectivity index (χ1v) is 6.22. The molecule has 0 radical (unpaired) electrons. The average Bonchev–Trinajstić information content (AvgIpc) is 2.81. The minimum atomic E-state index is -0.283. The van der Waals surface area contributed by atoms with Gasteiger partial charge in [0.1, 0.15) is 0 Å². The number of aromatic nitrogens is 2. The van der Waals surface area contributed by atoms with Crippen LogP contribution < -0.4 is 5.32 Å². The van der Waals surface area contributed by atoms with Gasteiger partial charge < -0.3 is 9.84 Å². The first kappa shape index (κ1) is 11.4. The molecule has 0 spiro atoms. The Bertz CT molecular complexity index is 574. The number of hydrogen-bond donors (Lipinski definition) is 1. The molecule has 1 heterocycles. The van der Waals surface area contributed by atoms with E-state index in [-0.39, 0.29) is 5.54 Å². The van der Waals surface area contributed by atoms with Gasteiger partial charge in [-0.2, -0.15) is 4.98 Å². The van der Waals surface area contributed by atoms with Crippen LogP contribution in [0.1, 0.15) is 42.6 Å². The fourth-order valence-electron chi connectivity index (χ4n) is 2.23. The van der Waals surface area contributed by atoms with Gasteiger partial charge in [-0.15, -0.1) is 0 Å². The summed E-state index contributed by atoms with van der Waals surface area (Å²) < 4.78 is 5.37. The lowest BCUT2D eigenvalue weighted by atomic mass is 9.77. The Hall–Kier alpha value is -1.68. The van der Waals surface area contributed by atoms with Crippen molar-refractivity contribution in [1.29, 1.82) is 0 Å². The number of benzene rings is 1. The van der Waals surface area contributed by atoms with E-state index in [1.807, 2.05) is 20.9 Å². The van der Waals surface area contributed by atoms with Crippen LogP contribution in [0.4, 0.5) is 0 Å². The highest BCUT2D eigenvalue weighted by atomic mass is 16.5. The van der Waals surface area contributed by atoms with Crippen LogP contribution >= 0.6 is 0 Å². The molecule has 2 aromatic rings. The van der Waals surface area contributed by atoms with Crippen LogP contribution in [0.5, 0.6) is 0 Å². The van der Waals surface area contributed by atoms with Gasteiger partial charge in [-0.1, -0.05) is 29.4 Å². The first-order valence-electron chi connectivity index (χ1n) is 6.22. The lowest BCUT2D eigenvalue weighted by Crippen LogP contribution is -2.33. The Morgan fingerprint density at radius 1 is 1.33 bits per heavy atom. The normalized spacial score (nSPS) is 18.3. The van der Waals surface area contributed by atoms with Crippen molar-refractivity contribution in [2.24, 2.45) is 0 Å². The Kier molecular flexibility index (Phi) is 2.48. The van der Waals surface area contributed by atoms with Gasteiger partial charge in [-0.05, 0) is 38.4 Å². The molecule has 1 aromatic heterocycles. The highest BCUT2D eigenvalue weighted by molar-refractivity contribution is 5.43. The van der Waals surface area contributed by atoms with Gasteiger partial charge in [-0.25, -0.2) is 0 Å². The molecule has 0 aliphatic heterocycles. The molecule has 94 valence electrons. The van der Waals surface area contributed by atoms with E-state index in [1.165, 1.54) is 11.1 Å². The van der Waals surface area contributed by atoms with Gasteiger partial charge in [0.15, 0.2) is 5.82 Å². The second kappa shape index (κ2) is 3.92. The van der Waals surface area contributed by atoms with Crippen molar-refractivity contribution in [3.05, 3.63) is 47.1 Å². The van der Waals surface area contributed by atoms with Gasteiger partial charge in [0.25, 0.3) is 0 Å². The summed E-state index contributed by atoms with van der Waals surface area (Å²) >= 11 is 0. The van der Waals surface area contributed by atoms with Crippen molar-refractivity contribution in [3.63, 3.8) is 0 Å². The summed E-state index contributed by atoms with van der Waals surface area (Å²) in [5.41, 5.74) is 2.43. The molecule has 0 fully saturated rings. The Morgan fingerprint density at radius 3 is 2.83 bits per heavy atom. The number of rotatable bonds is 3. The van der Waals surface area contributed by atoms with Crippen LogP contribution in [-0.2, 0) is 12.0 Å². The Morgan fingerprint density at radius 2 is 2.11 bits per heavy atom. The van der Waals surface area contributed by atoms with Crippen molar-refractivity contribution in [2.75, 3.05) is 7.05 Å². The van der Waals surface area contributed by atoms with Crippen LogP contribution in [-0.4, -0.2) is 17.2 Å². The molecular formula is C14H17N3O. The molecule has 4 heteroatoms. The van der Waals surface area contributed by atoms with E-state index in [9.17, 15) is 0 Å². The quantitative estimate of drug-likeness (QED) is 0.898. The van der Waals surface area contributed by atoms with E-state index in [2.05, 4.69) is 39.7 Å². The summed E-state index contributed by atoms with van der Waals surface area (Å²) in [5.74, 6) is 1.74. The van der Waals surface area contributed by atoms with Crippen molar-refractivity contribution in [1.82, 2.24) is 15.5 Å². The maximum absolute atomic E-state index is 5.37. The van der Waals surface area contributed by atoms with Gasteiger partial charge in [0.2, 0.25) is 5.89 Å². The summed E-state index contributed by atoms with van der Waals surface area (Å²) in [5, 5.41) is 7.29.